The Bertz CT molecular complexity index is 1450. The summed E-state index contributed by atoms with van der Waals surface area (Å²) in [7, 11) is 0. The van der Waals surface area contributed by atoms with Gasteiger partial charge < -0.3 is 64.2 Å². The average molecular weight is 767 g/mol. The zero-order chi connectivity index (χ0) is 39.0. The van der Waals surface area contributed by atoms with Crippen molar-refractivity contribution in [2.24, 2.45) is 45.3 Å². The van der Waals surface area contributed by atoms with Crippen LogP contribution in [0.2, 0.25) is 0 Å². The monoisotopic (exact) mass is 766 g/mol. The minimum atomic E-state index is -1.68. The van der Waals surface area contributed by atoms with E-state index in [9.17, 15) is 35.7 Å². The molecule has 0 radical (unpaired) electrons. The van der Waals surface area contributed by atoms with Gasteiger partial charge in [0, 0.05) is 24.2 Å². The summed E-state index contributed by atoms with van der Waals surface area (Å²) in [5.41, 5.74) is -0.0544. The molecule has 54 heavy (non-hydrogen) atoms. The summed E-state index contributed by atoms with van der Waals surface area (Å²) in [6, 6.07) is 0. The largest absolute Gasteiger partial charge is 0.394 e. The topological polar surface area (TPSA) is 197 Å². The van der Waals surface area contributed by atoms with Crippen LogP contribution in [0.15, 0.2) is 11.6 Å². The first kappa shape index (κ1) is 40.0. The van der Waals surface area contributed by atoms with Crippen LogP contribution in [-0.4, -0.2) is 134 Å². The molecule has 0 aromatic rings. The molecule has 2 spiro atoms. The summed E-state index contributed by atoms with van der Waals surface area (Å²) in [4.78, 5) is 0. The maximum Gasteiger partial charge on any atom is 0.187 e. The second kappa shape index (κ2) is 13.4. The molecule has 2 bridgehead atoms. The number of ether oxygens (including phenoxy) is 6. The number of hydrogen-bond acceptors (Lipinski definition) is 13. The Morgan fingerprint density at radius 3 is 2.28 bits per heavy atom. The summed E-state index contributed by atoms with van der Waals surface area (Å²) in [6.07, 6.45) is -3.77. The average Bonchev–Trinajstić information content (AvgIpc) is 3.61. The van der Waals surface area contributed by atoms with E-state index in [2.05, 4.69) is 47.6 Å². The van der Waals surface area contributed by atoms with Crippen LogP contribution < -0.4 is 0 Å². The third-order valence-electron chi connectivity index (χ3n) is 16.6. The number of aliphatic hydroxyl groups excluding tert-OH is 6. The van der Waals surface area contributed by atoms with Crippen LogP contribution in [0.1, 0.15) is 99.8 Å². The Balaban J connectivity index is 0.992. The van der Waals surface area contributed by atoms with Crippen molar-refractivity contribution >= 4 is 0 Å². The van der Waals surface area contributed by atoms with E-state index < -0.39 is 73.3 Å². The van der Waals surface area contributed by atoms with E-state index in [-0.39, 0.29) is 46.4 Å². The van der Waals surface area contributed by atoms with Gasteiger partial charge in [0.05, 0.1) is 37.6 Å². The highest BCUT2D eigenvalue weighted by Gasteiger charge is 2.80. The van der Waals surface area contributed by atoms with Gasteiger partial charge in [0.15, 0.2) is 18.4 Å². The lowest BCUT2D eigenvalue weighted by Gasteiger charge is -2.70. The Labute approximate surface area is 319 Å². The molecule has 0 amide bonds. The Morgan fingerprint density at radius 2 is 1.57 bits per heavy atom. The van der Waals surface area contributed by atoms with E-state index in [1.165, 1.54) is 5.57 Å². The number of rotatable bonds is 6. The highest BCUT2D eigenvalue weighted by atomic mass is 16.7. The molecule has 0 aromatic heterocycles. The van der Waals surface area contributed by atoms with Crippen LogP contribution in [0.25, 0.3) is 0 Å². The first-order chi connectivity index (χ1) is 25.2. The molecule has 8 aliphatic rings. The van der Waals surface area contributed by atoms with Gasteiger partial charge >= 0.3 is 0 Å². The van der Waals surface area contributed by atoms with Crippen LogP contribution in [0.3, 0.4) is 0 Å². The van der Waals surface area contributed by atoms with Crippen molar-refractivity contribution in [1.29, 1.82) is 0 Å². The van der Waals surface area contributed by atoms with Crippen molar-refractivity contribution in [3.63, 3.8) is 0 Å². The predicted molar refractivity (Wildman–Crippen MR) is 192 cm³/mol. The summed E-state index contributed by atoms with van der Waals surface area (Å²) in [5, 5.41) is 75.0. The summed E-state index contributed by atoms with van der Waals surface area (Å²) < 4.78 is 37.6. The quantitative estimate of drug-likeness (QED) is 0.154. The van der Waals surface area contributed by atoms with Crippen molar-refractivity contribution in [3.8, 4) is 0 Å². The Kier molecular flexibility index (Phi) is 9.91. The van der Waals surface area contributed by atoms with E-state index >= 15 is 0 Å². The fraction of sp³-hybridized carbons (Fsp3) is 0.951. The van der Waals surface area contributed by atoms with Gasteiger partial charge in [-0.15, -0.1) is 0 Å². The number of hydrogen-bond donors (Lipinski definition) is 7. The van der Waals surface area contributed by atoms with Gasteiger partial charge in [-0.25, -0.2) is 0 Å². The molecule has 20 atom stereocenters. The molecule has 308 valence electrons. The Hall–Kier alpha value is -0.780. The zero-order valence-corrected chi connectivity index (χ0v) is 33.1. The van der Waals surface area contributed by atoms with Crippen LogP contribution >= 0.6 is 0 Å². The SMILES string of the molecule is CC(C)=CC1CC(C)(O)C2C3CCC4[C@@]5(C)CC[C@H](O[C@@H]6OC[C@H](O)[C@@H](O[C@@H]7OC(CO)[C@@H](O)[C@@H](O)C7O)C6O)C(C)(C)C5CC[C@@]4(C)[C@@]34CO[C@@]2(C4)O1. The predicted octanol–water partition coefficient (Wildman–Crippen LogP) is 2.14. The molecule has 4 saturated carbocycles. The van der Waals surface area contributed by atoms with Gasteiger partial charge in [-0.2, -0.15) is 0 Å². The smallest absolute Gasteiger partial charge is 0.187 e. The first-order valence-electron chi connectivity index (χ1n) is 20.5. The fourth-order valence-corrected chi connectivity index (χ4v) is 14.4. The standard InChI is InChI=1S/C41H66O13/c1-20(2)14-21-15-39(7,48)33-22-8-9-26-37(5)12-11-27(36(3,4)25(37)10-13-38(26,6)40(22)18-41(33,54-21)50-19-40)52-34-31(47)32(23(43)17-49-34)53-35-30(46)29(45)28(44)24(16-42)51-35/h14,21-35,42-48H,8-13,15-19H2,1-7H3/t21?,22?,23-,24?,25?,26?,27-,28+,29+,30?,31?,32+,33?,34-,35-,37-,38+,39?,40-,41-/m0/s1. The van der Waals surface area contributed by atoms with Crippen molar-refractivity contribution in [2.75, 3.05) is 19.8 Å². The summed E-state index contributed by atoms with van der Waals surface area (Å²) >= 11 is 0. The lowest BCUT2D eigenvalue weighted by atomic mass is 9.35. The van der Waals surface area contributed by atoms with Gasteiger partial charge in [0.1, 0.15) is 42.7 Å². The molecule has 8 rings (SSSR count). The summed E-state index contributed by atoms with van der Waals surface area (Å²) in [6.45, 7) is 15.6. The van der Waals surface area contributed by atoms with E-state index in [1.807, 2.05) is 6.92 Å². The molecule has 4 heterocycles. The first-order valence-corrected chi connectivity index (χ1v) is 20.5. The molecule has 4 saturated heterocycles. The summed E-state index contributed by atoms with van der Waals surface area (Å²) in [5.74, 6) is 0.284. The second-order valence-electron chi connectivity index (χ2n) is 20.2. The van der Waals surface area contributed by atoms with Crippen molar-refractivity contribution in [2.45, 2.75) is 179 Å². The number of aliphatic hydroxyl groups is 7. The number of fused-ring (bicyclic) bond motifs is 4. The molecule has 4 aliphatic carbocycles. The van der Waals surface area contributed by atoms with Gasteiger partial charge in [-0.1, -0.05) is 39.3 Å². The van der Waals surface area contributed by atoms with E-state index in [0.717, 1.165) is 44.9 Å². The minimum Gasteiger partial charge on any atom is -0.394 e. The molecule has 0 aromatic carbocycles. The van der Waals surface area contributed by atoms with Crippen LogP contribution in [0, 0.1) is 45.3 Å². The van der Waals surface area contributed by atoms with Crippen LogP contribution in [-0.2, 0) is 28.4 Å². The van der Waals surface area contributed by atoms with Gasteiger partial charge in [-0.3, -0.25) is 0 Å². The zero-order valence-electron chi connectivity index (χ0n) is 33.1. The second-order valence-corrected chi connectivity index (χ2v) is 20.2. The van der Waals surface area contributed by atoms with Gasteiger partial charge in [0.25, 0.3) is 0 Å². The van der Waals surface area contributed by atoms with Crippen LogP contribution in [0.4, 0.5) is 0 Å². The Morgan fingerprint density at radius 1 is 0.833 bits per heavy atom. The highest BCUT2D eigenvalue weighted by Crippen LogP contribution is 2.80. The van der Waals surface area contributed by atoms with Crippen molar-refractivity contribution in [3.05, 3.63) is 11.6 Å². The molecule has 9 unspecified atom stereocenters. The van der Waals surface area contributed by atoms with E-state index in [4.69, 9.17) is 28.4 Å². The van der Waals surface area contributed by atoms with Crippen molar-refractivity contribution < 1.29 is 64.2 Å². The van der Waals surface area contributed by atoms with E-state index in [0.29, 0.717) is 30.8 Å². The molecule has 4 aliphatic heterocycles. The molecule has 13 heteroatoms. The molecule has 7 N–H and O–H groups in total. The minimum absolute atomic E-state index is 0.00497. The maximum absolute atomic E-state index is 12.1. The third kappa shape index (κ3) is 5.65. The van der Waals surface area contributed by atoms with Gasteiger partial charge in [-0.05, 0) is 93.3 Å². The number of allylic oxidation sites excluding steroid dienone is 1. The van der Waals surface area contributed by atoms with Crippen molar-refractivity contribution in [1.82, 2.24) is 0 Å². The lowest BCUT2D eigenvalue weighted by molar-refractivity contribution is -0.358. The lowest BCUT2D eigenvalue weighted by Crippen LogP contribution is -2.67. The fourth-order valence-electron chi connectivity index (χ4n) is 14.4. The normalized spacial score (nSPS) is 57.7. The third-order valence-corrected chi connectivity index (χ3v) is 16.6. The van der Waals surface area contributed by atoms with Crippen LogP contribution in [0.5, 0.6) is 0 Å². The molecule has 13 nitrogen and oxygen atoms in total. The molecule has 8 fully saturated rings. The van der Waals surface area contributed by atoms with E-state index in [1.54, 1.807) is 0 Å². The molecular formula is C41H66O13. The molecular weight excluding hydrogens is 700 g/mol. The van der Waals surface area contributed by atoms with Gasteiger partial charge in [0.2, 0.25) is 0 Å². The highest BCUT2D eigenvalue weighted by molar-refractivity contribution is 5.26. The maximum atomic E-state index is 12.1.